The number of methoxy groups -OCH3 is 2. The first-order valence-corrected chi connectivity index (χ1v) is 10.7. The fourth-order valence-corrected chi connectivity index (χ4v) is 3.29. The third kappa shape index (κ3) is 6.83. The summed E-state index contributed by atoms with van der Waals surface area (Å²) in [7, 11) is 2.30. The van der Waals surface area contributed by atoms with Gasteiger partial charge in [0.1, 0.15) is 11.5 Å². The van der Waals surface area contributed by atoms with Crippen LogP contribution in [0.15, 0.2) is 84.9 Å². The molecule has 186 valence electrons. The first-order valence-electron chi connectivity index (χ1n) is 10.7. The molecule has 2 N–H and O–H groups in total. The summed E-state index contributed by atoms with van der Waals surface area (Å²) in [5.74, 6) is -1.15. The average Bonchev–Trinajstić information content (AvgIpc) is 2.90. The van der Waals surface area contributed by atoms with E-state index in [1.54, 1.807) is 72.8 Å². The number of benzene rings is 3. The van der Waals surface area contributed by atoms with Crippen molar-refractivity contribution >= 4 is 24.1 Å². The van der Waals surface area contributed by atoms with Gasteiger partial charge in [-0.15, -0.1) is 0 Å². The van der Waals surface area contributed by atoms with Gasteiger partial charge < -0.3 is 29.6 Å². The molecular weight excluding hydrogens is 468 g/mol. The summed E-state index contributed by atoms with van der Waals surface area (Å²) in [4.78, 5) is 50.4. The van der Waals surface area contributed by atoms with E-state index in [-0.39, 0.29) is 22.6 Å². The van der Waals surface area contributed by atoms with Crippen molar-refractivity contribution in [1.82, 2.24) is 10.6 Å². The van der Waals surface area contributed by atoms with Crippen molar-refractivity contribution in [3.63, 3.8) is 0 Å². The van der Waals surface area contributed by atoms with Crippen LogP contribution in [0.5, 0.6) is 11.5 Å². The lowest BCUT2D eigenvalue weighted by atomic mass is 9.95. The van der Waals surface area contributed by atoms with Crippen molar-refractivity contribution in [3.8, 4) is 11.5 Å². The van der Waals surface area contributed by atoms with Crippen molar-refractivity contribution in [2.75, 3.05) is 14.2 Å². The van der Waals surface area contributed by atoms with Crippen molar-refractivity contribution in [2.24, 2.45) is 0 Å². The average molecular weight is 492 g/mol. The maximum absolute atomic E-state index is 12.7. The van der Waals surface area contributed by atoms with Gasteiger partial charge in [0.2, 0.25) is 0 Å². The zero-order valence-electron chi connectivity index (χ0n) is 19.5. The fraction of sp³-hybridized carbons (Fsp3) is 0.154. The molecule has 0 saturated carbocycles. The Kier molecular flexibility index (Phi) is 8.99. The Balaban J connectivity index is 1.89. The van der Waals surface area contributed by atoms with Gasteiger partial charge in [0, 0.05) is 0 Å². The van der Waals surface area contributed by atoms with E-state index in [0.29, 0.717) is 0 Å². The van der Waals surface area contributed by atoms with E-state index in [4.69, 9.17) is 18.9 Å². The van der Waals surface area contributed by atoms with E-state index >= 15 is 0 Å². The summed E-state index contributed by atoms with van der Waals surface area (Å²) in [6, 6.07) is 19.9. The predicted molar refractivity (Wildman–Crippen MR) is 127 cm³/mol. The number of nitrogens with one attached hydrogen (secondary N) is 2. The number of carbonyl (C=O) groups excluding carboxylic acids is 4. The molecular formula is C26H24N2O8. The van der Waals surface area contributed by atoms with Crippen LogP contribution in [0.25, 0.3) is 0 Å². The van der Waals surface area contributed by atoms with Crippen LogP contribution in [-0.2, 0) is 19.1 Å². The van der Waals surface area contributed by atoms with E-state index in [9.17, 15) is 19.2 Å². The number of rotatable bonds is 8. The first-order chi connectivity index (χ1) is 17.4. The number of esters is 2. The lowest BCUT2D eigenvalue weighted by Crippen LogP contribution is -2.40. The fourth-order valence-electron chi connectivity index (χ4n) is 3.29. The number of carbonyl (C=O) groups is 4. The second-order valence-corrected chi connectivity index (χ2v) is 7.24. The molecule has 10 heteroatoms. The number of ether oxygens (including phenoxy) is 4. The topological polar surface area (TPSA) is 129 Å². The minimum absolute atomic E-state index is 0.171. The number of para-hydroxylation sites is 2. The molecule has 3 aromatic carbocycles. The Morgan fingerprint density at radius 1 is 0.556 bits per heavy atom. The molecule has 0 aromatic heterocycles. The minimum atomic E-state index is -1.37. The van der Waals surface area contributed by atoms with Gasteiger partial charge in [0.25, 0.3) is 0 Å². The normalized spacial score (nSPS) is 11.8. The molecule has 0 aliphatic rings. The lowest BCUT2D eigenvalue weighted by Gasteiger charge is -2.23. The molecule has 36 heavy (non-hydrogen) atoms. The van der Waals surface area contributed by atoms with Gasteiger partial charge in [-0.1, -0.05) is 60.7 Å². The van der Waals surface area contributed by atoms with Gasteiger partial charge in [-0.05, 0) is 35.4 Å². The maximum Gasteiger partial charge on any atom is 0.413 e. The Hall–Kier alpha value is -4.86. The standard InChI is InChI=1S/C26H24N2O8/c1-33-23(29)21(27-25(31)35-17-11-5-3-6-12-17)19-15-9-10-16-20(19)22(24(30)34-2)28-26(32)36-18-13-7-4-8-14-18/h3-16,21-22H,1-2H3,(H,27,31)(H,28,32). The van der Waals surface area contributed by atoms with Crippen LogP contribution in [0.1, 0.15) is 23.2 Å². The summed E-state index contributed by atoms with van der Waals surface area (Å²) in [6.45, 7) is 0. The molecule has 0 fully saturated rings. The summed E-state index contributed by atoms with van der Waals surface area (Å²) >= 11 is 0. The Morgan fingerprint density at radius 2 is 0.889 bits per heavy atom. The van der Waals surface area contributed by atoms with Crippen LogP contribution < -0.4 is 20.1 Å². The Labute approximate surface area is 207 Å². The highest BCUT2D eigenvalue weighted by molar-refractivity contribution is 5.87. The molecule has 0 heterocycles. The molecule has 0 bridgehead atoms. The molecule has 0 aliphatic heterocycles. The van der Waals surface area contributed by atoms with Gasteiger partial charge in [-0.2, -0.15) is 0 Å². The highest BCUT2D eigenvalue weighted by atomic mass is 16.6. The number of hydrogen-bond donors (Lipinski definition) is 2. The zero-order valence-corrected chi connectivity index (χ0v) is 19.5. The van der Waals surface area contributed by atoms with Gasteiger partial charge >= 0.3 is 24.1 Å². The summed E-state index contributed by atoms with van der Waals surface area (Å²) in [5.41, 5.74) is 0.342. The van der Waals surface area contributed by atoms with E-state index in [2.05, 4.69) is 10.6 Å². The van der Waals surface area contributed by atoms with Crippen molar-refractivity contribution in [2.45, 2.75) is 12.1 Å². The van der Waals surface area contributed by atoms with Crippen LogP contribution in [0, 0.1) is 0 Å². The molecule has 3 rings (SSSR count). The minimum Gasteiger partial charge on any atom is -0.467 e. The zero-order chi connectivity index (χ0) is 25.9. The summed E-state index contributed by atoms with van der Waals surface area (Å²) in [5, 5.41) is 4.89. The van der Waals surface area contributed by atoms with Gasteiger partial charge in [-0.25, -0.2) is 19.2 Å². The predicted octanol–water partition coefficient (Wildman–Crippen LogP) is 3.69. The SMILES string of the molecule is COC(=O)C(NC(=O)Oc1ccccc1)c1ccccc1C(NC(=O)Oc1ccccc1)C(=O)OC. The Bertz CT molecular complexity index is 1110. The van der Waals surface area contributed by atoms with Crippen LogP contribution in [-0.4, -0.2) is 38.3 Å². The van der Waals surface area contributed by atoms with Gasteiger partial charge in [0.05, 0.1) is 14.2 Å². The highest BCUT2D eigenvalue weighted by Crippen LogP contribution is 2.27. The molecule has 2 unspecified atom stereocenters. The second-order valence-electron chi connectivity index (χ2n) is 7.24. The lowest BCUT2D eigenvalue weighted by molar-refractivity contribution is -0.144. The summed E-state index contributed by atoms with van der Waals surface area (Å²) in [6.07, 6.45) is -1.87. The molecule has 3 aromatic rings. The van der Waals surface area contributed by atoms with Crippen LogP contribution in [0.2, 0.25) is 0 Å². The van der Waals surface area contributed by atoms with E-state index in [1.165, 1.54) is 12.1 Å². The first kappa shape index (κ1) is 25.8. The van der Waals surface area contributed by atoms with Crippen molar-refractivity contribution < 1.29 is 38.1 Å². The van der Waals surface area contributed by atoms with Gasteiger partial charge in [-0.3, -0.25) is 0 Å². The molecule has 2 atom stereocenters. The van der Waals surface area contributed by atoms with E-state index < -0.39 is 36.2 Å². The van der Waals surface area contributed by atoms with Crippen LogP contribution >= 0.6 is 0 Å². The quantitative estimate of drug-likeness (QED) is 0.456. The van der Waals surface area contributed by atoms with Crippen molar-refractivity contribution in [3.05, 3.63) is 96.1 Å². The number of amides is 2. The monoisotopic (exact) mass is 492 g/mol. The highest BCUT2D eigenvalue weighted by Gasteiger charge is 2.33. The molecule has 0 saturated heterocycles. The largest absolute Gasteiger partial charge is 0.467 e. The maximum atomic E-state index is 12.7. The molecule has 0 aliphatic carbocycles. The molecule has 0 radical (unpaired) electrons. The van der Waals surface area contributed by atoms with E-state index in [0.717, 1.165) is 14.2 Å². The molecule has 0 spiro atoms. The Morgan fingerprint density at radius 3 is 1.22 bits per heavy atom. The molecule has 10 nitrogen and oxygen atoms in total. The van der Waals surface area contributed by atoms with Crippen LogP contribution in [0.3, 0.4) is 0 Å². The van der Waals surface area contributed by atoms with Gasteiger partial charge in [0.15, 0.2) is 12.1 Å². The third-order valence-electron chi connectivity index (χ3n) is 4.92. The van der Waals surface area contributed by atoms with Crippen molar-refractivity contribution in [1.29, 1.82) is 0 Å². The molecule has 2 amide bonds. The third-order valence-corrected chi connectivity index (χ3v) is 4.92. The van der Waals surface area contributed by atoms with Crippen LogP contribution in [0.4, 0.5) is 9.59 Å². The number of hydrogen-bond acceptors (Lipinski definition) is 8. The summed E-state index contributed by atoms with van der Waals surface area (Å²) < 4.78 is 20.2. The smallest absolute Gasteiger partial charge is 0.413 e. The van der Waals surface area contributed by atoms with E-state index in [1.807, 2.05) is 0 Å². The second kappa shape index (κ2) is 12.6.